The first kappa shape index (κ1) is 15.3. The first-order chi connectivity index (χ1) is 9.03. The van der Waals surface area contributed by atoms with Crippen LogP contribution in [-0.2, 0) is 4.74 Å². The van der Waals surface area contributed by atoms with Crippen molar-refractivity contribution in [1.82, 2.24) is 0 Å². The Morgan fingerprint density at radius 2 is 1.89 bits per heavy atom. The molecule has 0 spiro atoms. The van der Waals surface area contributed by atoms with Gasteiger partial charge in [0.1, 0.15) is 0 Å². The molecule has 0 radical (unpaired) electrons. The first-order valence-corrected chi connectivity index (χ1v) is 8.40. The maximum absolute atomic E-state index is 6.26. The summed E-state index contributed by atoms with van der Waals surface area (Å²) in [6, 6.07) is 0.269. The zero-order chi connectivity index (χ0) is 13.9. The van der Waals surface area contributed by atoms with Crippen molar-refractivity contribution in [2.24, 2.45) is 23.0 Å². The molecule has 0 amide bonds. The van der Waals surface area contributed by atoms with E-state index in [4.69, 9.17) is 10.5 Å². The number of ether oxygens (including phenoxy) is 1. The minimum Gasteiger partial charge on any atom is -0.377 e. The predicted octanol–water partition coefficient (Wildman–Crippen LogP) is 4.13. The molecule has 0 bridgehead atoms. The molecule has 2 nitrogen and oxygen atoms in total. The van der Waals surface area contributed by atoms with Crippen molar-refractivity contribution >= 4 is 0 Å². The molecule has 112 valence electrons. The van der Waals surface area contributed by atoms with E-state index in [9.17, 15) is 0 Å². The monoisotopic (exact) mass is 267 g/mol. The summed E-state index contributed by atoms with van der Waals surface area (Å²) in [7, 11) is 0. The van der Waals surface area contributed by atoms with E-state index >= 15 is 0 Å². The average molecular weight is 267 g/mol. The van der Waals surface area contributed by atoms with Crippen LogP contribution in [0.2, 0.25) is 0 Å². The van der Waals surface area contributed by atoms with Gasteiger partial charge in [0.05, 0.1) is 6.10 Å². The van der Waals surface area contributed by atoms with E-state index in [1.807, 2.05) is 0 Å². The summed E-state index contributed by atoms with van der Waals surface area (Å²) < 4.78 is 6.15. The lowest BCUT2D eigenvalue weighted by molar-refractivity contribution is -0.0292. The Morgan fingerprint density at radius 1 is 1.16 bits per heavy atom. The SMILES string of the molecule is CCC(C)(C)C1CCC(N)C(OCCC2CCC2)C1. The van der Waals surface area contributed by atoms with Gasteiger partial charge < -0.3 is 10.5 Å². The van der Waals surface area contributed by atoms with E-state index in [0.717, 1.165) is 24.9 Å². The fourth-order valence-corrected chi connectivity index (χ4v) is 3.51. The van der Waals surface area contributed by atoms with Crippen LogP contribution < -0.4 is 5.73 Å². The van der Waals surface area contributed by atoms with Crippen LogP contribution in [-0.4, -0.2) is 18.8 Å². The van der Waals surface area contributed by atoms with Gasteiger partial charge in [0.2, 0.25) is 0 Å². The minimum atomic E-state index is 0.269. The molecule has 2 fully saturated rings. The molecule has 2 N–H and O–H groups in total. The summed E-state index contributed by atoms with van der Waals surface area (Å²) in [6.07, 6.45) is 10.7. The zero-order valence-electron chi connectivity index (χ0n) is 13.2. The summed E-state index contributed by atoms with van der Waals surface area (Å²) in [5, 5.41) is 0. The van der Waals surface area contributed by atoms with Gasteiger partial charge in [0, 0.05) is 12.6 Å². The Kier molecular flexibility index (Phi) is 5.30. The van der Waals surface area contributed by atoms with Gasteiger partial charge >= 0.3 is 0 Å². The van der Waals surface area contributed by atoms with E-state index in [1.165, 1.54) is 44.9 Å². The van der Waals surface area contributed by atoms with Crippen molar-refractivity contribution in [3.8, 4) is 0 Å². The molecule has 0 aromatic rings. The van der Waals surface area contributed by atoms with Crippen molar-refractivity contribution in [2.75, 3.05) is 6.61 Å². The molecular formula is C17H33NO. The lowest BCUT2D eigenvalue weighted by atomic mass is 9.68. The van der Waals surface area contributed by atoms with Crippen LogP contribution in [0.5, 0.6) is 0 Å². The predicted molar refractivity (Wildman–Crippen MR) is 81.1 cm³/mol. The van der Waals surface area contributed by atoms with Gasteiger partial charge in [-0.25, -0.2) is 0 Å². The van der Waals surface area contributed by atoms with Gasteiger partial charge in [-0.3, -0.25) is 0 Å². The fraction of sp³-hybridized carbons (Fsp3) is 1.00. The van der Waals surface area contributed by atoms with Gasteiger partial charge in [-0.1, -0.05) is 46.5 Å². The third-order valence-corrected chi connectivity index (χ3v) is 5.94. The zero-order valence-corrected chi connectivity index (χ0v) is 13.2. The van der Waals surface area contributed by atoms with Crippen molar-refractivity contribution in [1.29, 1.82) is 0 Å². The number of hydrogen-bond acceptors (Lipinski definition) is 2. The maximum atomic E-state index is 6.26. The molecule has 3 unspecified atom stereocenters. The molecule has 19 heavy (non-hydrogen) atoms. The van der Waals surface area contributed by atoms with Gasteiger partial charge in [-0.2, -0.15) is 0 Å². The lowest BCUT2D eigenvalue weighted by Gasteiger charge is -2.42. The molecule has 0 saturated heterocycles. The van der Waals surface area contributed by atoms with Crippen molar-refractivity contribution in [3.63, 3.8) is 0 Å². The van der Waals surface area contributed by atoms with E-state index in [1.54, 1.807) is 0 Å². The molecule has 3 atom stereocenters. The highest BCUT2D eigenvalue weighted by atomic mass is 16.5. The fourth-order valence-electron chi connectivity index (χ4n) is 3.51. The van der Waals surface area contributed by atoms with Crippen LogP contribution in [0, 0.1) is 17.3 Å². The standard InChI is InChI=1S/C17H33NO/c1-4-17(2,3)14-8-9-15(18)16(12-14)19-11-10-13-6-5-7-13/h13-16H,4-12,18H2,1-3H3. The Morgan fingerprint density at radius 3 is 2.47 bits per heavy atom. The quantitative estimate of drug-likeness (QED) is 0.785. The van der Waals surface area contributed by atoms with E-state index in [0.29, 0.717) is 11.5 Å². The normalized spacial score (nSPS) is 33.2. The average Bonchev–Trinajstić information content (AvgIpc) is 2.34. The van der Waals surface area contributed by atoms with Crippen molar-refractivity contribution in [2.45, 2.75) is 84.3 Å². The van der Waals surface area contributed by atoms with Crippen LogP contribution in [0.25, 0.3) is 0 Å². The summed E-state index contributed by atoms with van der Waals surface area (Å²) in [5.41, 5.74) is 6.70. The highest BCUT2D eigenvalue weighted by Gasteiger charge is 2.36. The topological polar surface area (TPSA) is 35.2 Å². The van der Waals surface area contributed by atoms with E-state index in [2.05, 4.69) is 20.8 Å². The van der Waals surface area contributed by atoms with Crippen molar-refractivity contribution in [3.05, 3.63) is 0 Å². The van der Waals surface area contributed by atoms with Gasteiger partial charge in [0.25, 0.3) is 0 Å². The Hall–Kier alpha value is -0.0800. The van der Waals surface area contributed by atoms with Gasteiger partial charge in [-0.05, 0) is 42.9 Å². The van der Waals surface area contributed by atoms with Gasteiger partial charge in [0.15, 0.2) is 0 Å². The third kappa shape index (κ3) is 3.95. The molecule has 2 rings (SSSR count). The Balaban J connectivity index is 1.77. The van der Waals surface area contributed by atoms with Crippen molar-refractivity contribution < 1.29 is 4.74 Å². The molecule has 0 aromatic heterocycles. The molecule has 2 saturated carbocycles. The first-order valence-electron chi connectivity index (χ1n) is 8.40. The molecule has 0 heterocycles. The second-order valence-electron chi connectivity index (χ2n) is 7.51. The molecule has 0 aromatic carbocycles. The molecule has 2 aliphatic carbocycles. The minimum absolute atomic E-state index is 0.269. The van der Waals surface area contributed by atoms with E-state index in [-0.39, 0.29) is 6.04 Å². The summed E-state index contributed by atoms with van der Waals surface area (Å²) in [4.78, 5) is 0. The Labute approximate surface area is 119 Å². The van der Waals surface area contributed by atoms with Crippen LogP contribution in [0.15, 0.2) is 0 Å². The highest BCUT2D eigenvalue weighted by Crippen LogP contribution is 2.41. The lowest BCUT2D eigenvalue weighted by Crippen LogP contribution is -2.45. The summed E-state index contributed by atoms with van der Waals surface area (Å²) >= 11 is 0. The number of nitrogens with two attached hydrogens (primary N) is 1. The van der Waals surface area contributed by atoms with E-state index < -0.39 is 0 Å². The molecule has 2 aliphatic rings. The molecule has 0 aliphatic heterocycles. The highest BCUT2D eigenvalue weighted by molar-refractivity contribution is 4.89. The molecule has 2 heteroatoms. The van der Waals surface area contributed by atoms with Crippen LogP contribution >= 0.6 is 0 Å². The van der Waals surface area contributed by atoms with Gasteiger partial charge in [-0.15, -0.1) is 0 Å². The maximum Gasteiger partial charge on any atom is 0.0728 e. The second-order valence-corrected chi connectivity index (χ2v) is 7.51. The molecular weight excluding hydrogens is 234 g/mol. The van der Waals surface area contributed by atoms with Crippen LogP contribution in [0.4, 0.5) is 0 Å². The Bertz CT molecular complexity index is 272. The summed E-state index contributed by atoms with van der Waals surface area (Å²) in [6.45, 7) is 8.04. The second kappa shape index (κ2) is 6.58. The largest absolute Gasteiger partial charge is 0.377 e. The van der Waals surface area contributed by atoms with Crippen LogP contribution in [0.1, 0.15) is 72.1 Å². The number of hydrogen-bond donors (Lipinski definition) is 1. The number of rotatable bonds is 6. The summed E-state index contributed by atoms with van der Waals surface area (Å²) in [5.74, 6) is 1.73. The third-order valence-electron chi connectivity index (χ3n) is 5.94. The van der Waals surface area contributed by atoms with Crippen LogP contribution in [0.3, 0.4) is 0 Å². The smallest absolute Gasteiger partial charge is 0.0728 e.